The van der Waals surface area contributed by atoms with Crippen molar-refractivity contribution in [3.05, 3.63) is 27.7 Å². The minimum atomic E-state index is -3.56. The molecule has 0 spiro atoms. The van der Waals surface area contributed by atoms with Crippen LogP contribution in [0.15, 0.2) is 27.6 Å². The van der Waals surface area contributed by atoms with Gasteiger partial charge in [0.2, 0.25) is 10.0 Å². The second kappa shape index (κ2) is 7.07. The van der Waals surface area contributed by atoms with Crippen molar-refractivity contribution >= 4 is 37.6 Å². The van der Waals surface area contributed by atoms with Crippen molar-refractivity contribution in [3.8, 4) is 6.07 Å². The molecule has 0 aliphatic carbocycles. The van der Waals surface area contributed by atoms with Crippen molar-refractivity contribution in [1.29, 1.82) is 5.26 Å². The largest absolute Gasteiger partial charge is 0.300 e. The molecule has 1 aliphatic rings. The van der Waals surface area contributed by atoms with E-state index in [1.54, 1.807) is 12.1 Å². The molecular weight excluding hydrogens is 378 g/mol. The van der Waals surface area contributed by atoms with E-state index < -0.39 is 10.0 Å². The van der Waals surface area contributed by atoms with Crippen LogP contribution in [0, 0.1) is 11.3 Å². The zero-order valence-corrected chi connectivity index (χ0v) is 14.5. The van der Waals surface area contributed by atoms with Crippen molar-refractivity contribution in [2.75, 3.05) is 32.7 Å². The predicted octanol–water partition coefficient (Wildman–Crippen LogP) is 2.32. The lowest BCUT2D eigenvalue weighted by molar-refractivity contribution is 0.191. The van der Waals surface area contributed by atoms with Gasteiger partial charge >= 0.3 is 0 Å². The highest BCUT2D eigenvalue weighted by Gasteiger charge is 2.29. The number of nitriles is 1. The van der Waals surface area contributed by atoms with E-state index in [1.807, 2.05) is 0 Å². The van der Waals surface area contributed by atoms with Crippen LogP contribution >= 0.6 is 27.5 Å². The van der Waals surface area contributed by atoms with Crippen LogP contribution in [-0.4, -0.2) is 50.3 Å². The summed E-state index contributed by atoms with van der Waals surface area (Å²) in [6.45, 7) is 2.79. The molecular formula is C13H15BrClN3O2S. The molecule has 0 unspecified atom stereocenters. The summed E-state index contributed by atoms with van der Waals surface area (Å²) in [7, 11) is -3.56. The first-order chi connectivity index (χ1) is 9.95. The molecule has 1 aromatic carbocycles. The third-order valence-corrected chi connectivity index (χ3v) is 6.26. The quantitative estimate of drug-likeness (QED) is 0.789. The van der Waals surface area contributed by atoms with Gasteiger partial charge in [-0.1, -0.05) is 27.5 Å². The number of hydrogen-bond donors (Lipinski definition) is 0. The molecule has 1 aromatic rings. The topological polar surface area (TPSA) is 64.4 Å². The van der Waals surface area contributed by atoms with Gasteiger partial charge in [-0.05, 0) is 18.2 Å². The normalized spacial score (nSPS) is 17.6. The summed E-state index contributed by atoms with van der Waals surface area (Å²) in [6.07, 6.45) is 0.464. The first-order valence-corrected chi connectivity index (χ1v) is 9.11. The average Bonchev–Trinajstić information content (AvgIpc) is 2.45. The molecule has 114 valence electrons. The monoisotopic (exact) mass is 391 g/mol. The van der Waals surface area contributed by atoms with Crippen LogP contribution < -0.4 is 0 Å². The predicted molar refractivity (Wildman–Crippen MR) is 84.6 cm³/mol. The fourth-order valence-electron chi connectivity index (χ4n) is 2.23. The standard InChI is InChI=1S/C13H15BrClN3O2S/c14-11-2-3-13(12(15)10-11)21(19,20)18-8-6-17(7-9-18)5-1-4-16/h2-3,10H,1,5-9H2. The van der Waals surface area contributed by atoms with Gasteiger partial charge in [0.05, 0.1) is 11.1 Å². The van der Waals surface area contributed by atoms with Gasteiger partial charge in [-0.25, -0.2) is 8.42 Å². The molecule has 0 N–H and O–H groups in total. The Morgan fingerprint density at radius 2 is 1.95 bits per heavy atom. The van der Waals surface area contributed by atoms with Crippen molar-refractivity contribution in [3.63, 3.8) is 0 Å². The van der Waals surface area contributed by atoms with Gasteiger partial charge in [-0.2, -0.15) is 9.57 Å². The molecule has 21 heavy (non-hydrogen) atoms. The van der Waals surface area contributed by atoms with Crippen LogP contribution in [0.1, 0.15) is 6.42 Å². The number of piperazine rings is 1. The molecule has 5 nitrogen and oxygen atoms in total. The van der Waals surface area contributed by atoms with Crippen LogP contribution in [0.3, 0.4) is 0 Å². The minimum absolute atomic E-state index is 0.137. The Morgan fingerprint density at radius 1 is 1.29 bits per heavy atom. The van der Waals surface area contributed by atoms with Crippen LogP contribution in [0.25, 0.3) is 0 Å². The summed E-state index contributed by atoms with van der Waals surface area (Å²) in [6, 6.07) is 6.87. The lowest BCUT2D eigenvalue weighted by Gasteiger charge is -2.33. The number of nitrogens with zero attached hydrogens (tertiary/aromatic N) is 3. The van der Waals surface area contributed by atoms with Crippen molar-refractivity contribution < 1.29 is 8.42 Å². The molecule has 0 radical (unpaired) electrons. The summed E-state index contributed by atoms with van der Waals surface area (Å²) >= 11 is 9.31. The highest BCUT2D eigenvalue weighted by atomic mass is 79.9. The Morgan fingerprint density at radius 3 is 2.52 bits per heavy atom. The van der Waals surface area contributed by atoms with Gasteiger partial charge in [-0.3, -0.25) is 4.90 Å². The minimum Gasteiger partial charge on any atom is -0.300 e. The highest BCUT2D eigenvalue weighted by molar-refractivity contribution is 9.10. The fraction of sp³-hybridized carbons (Fsp3) is 0.462. The molecule has 0 atom stereocenters. The van der Waals surface area contributed by atoms with E-state index >= 15 is 0 Å². The molecule has 0 amide bonds. The molecule has 0 bridgehead atoms. The van der Waals surface area contributed by atoms with Gasteiger partial charge in [-0.15, -0.1) is 0 Å². The zero-order valence-electron chi connectivity index (χ0n) is 11.3. The summed E-state index contributed by atoms with van der Waals surface area (Å²) in [4.78, 5) is 2.23. The van der Waals surface area contributed by atoms with Crippen molar-refractivity contribution in [2.45, 2.75) is 11.3 Å². The molecule has 1 aliphatic heterocycles. The highest BCUT2D eigenvalue weighted by Crippen LogP contribution is 2.28. The van der Waals surface area contributed by atoms with Crippen LogP contribution in [0.5, 0.6) is 0 Å². The van der Waals surface area contributed by atoms with E-state index in [2.05, 4.69) is 26.9 Å². The lowest BCUT2D eigenvalue weighted by atomic mass is 10.3. The van der Waals surface area contributed by atoms with Gasteiger partial charge in [0.15, 0.2) is 0 Å². The summed E-state index contributed by atoms with van der Waals surface area (Å²) in [5, 5.41) is 8.80. The Balaban J connectivity index is 2.10. The number of sulfonamides is 1. The number of benzene rings is 1. The van der Waals surface area contributed by atoms with E-state index in [0.717, 1.165) is 4.47 Å². The third-order valence-electron chi connectivity index (χ3n) is 3.38. The molecule has 1 saturated heterocycles. The first kappa shape index (κ1) is 16.7. The Hall–Kier alpha value is -0.650. The van der Waals surface area contributed by atoms with Gasteiger partial charge in [0, 0.05) is 43.6 Å². The number of halogens is 2. The maximum atomic E-state index is 12.6. The van der Waals surface area contributed by atoms with Crippen LogP contribution in [0.2, 0.25) is 5.02 Å². The van der Waals surface area contributed by atoms with Crippen LogP contribution in [0.4, 0.5) is 0 Å². The zero-order chi connectivity index (χ0) is 15.5. The van der Waals surface area contributed by atoms with E-state index in [-0.39, 0.29) is 9.92 Å². The second-order valence-corrected chi connectivity index (χ2v) is 7.96. The van der Waals surface area contributed by atoms with Crippen molar-refractivity contribution in [1.82, 2.24) is 9.21 Å². The van der Waals surface area contributed by atoms with Gasteiger partial charge in [0.25, 0.3) is 0 Å². The van der Waals surface area contributed by atoms with Gasteiger partial charge in [0.1, 0.15) is 4.90 Å². The Labute approximate surface area is 138 Å². The van der Waals surface area contributed by atoms with Gasteiger partial charge < -0.3 is 0 Å². The summed E-state index contributed by atoms with van der Waals surface area (Å²) in [5.74, 6) is 0. The summed E-state index contributed by atoms with van der Waals surface area (Å²) in [5.41, 5.74) is 0. The van der Waals surface area contributed by atoms with Crippen LogP contribution in [-0.2, 0) is 10.0 Å². The molecule has 0 saturated carbocycles. The van der Waals surface area contributed by atoms with E-state index in [4.69, 9.17) is 16.9 Å². The maximum Gasteiger partial charge on any atom is 0.244 e. The average molecular weight is 393 g/mol. The first-order valence-electron chi connectivity index (χ1n) is 6.49. The Kier molecular flexibility index (Phi) is 5.63. The molecule has 1 fully saturated rings. The molecule has 1 heterocycles. The molecule has 0 aromatic heterocycles. The smallest absolute Gasteiger partial charge is 0.244 e. The SMILES string of the molecule is N#CCCN1CCN(S(=O)(=O)c2ccc(Br)cc2Cl)CC1. The molecule has 8 heteroatoms. The number of hydrogen-bond acceptors (Lipinski definition) is 4. The lowest BCUT2D eigenvalue weighted by Crippen LogP contribution is -2.48. The number of rotatable bonds is 4. The van der Waals surface area contributed by atoms with E-state index in [1.165, 1.54) is 10.4 Å². The summed E-state index contributed by atoms with van der Waals surface area (Å²) < 4.78 is 27.4. The molecule has 2 rings (SSSR count). The second-order valence-electron chi connectivity index (χ2n) is 4.73. The van der Waals surface area contributed by atoms with E-state index in [0.29, 0.717) is 39.1 Å². The fourth-order valence-corrected chi connectivity index (χ4v) is 4.66. The third kappa shape index (κ3) is 3.96. The van der Waals surface area contributed by atoms with E-state index in [9.17, 15) is 8.42 Å². The van der Waals surface area contributed by atoms with Crippen molar-refractivity contribution in [2.24, 2.45) is 0 Å². The maximum absolute atomic E-state index is 12.6. The Bertz CT molecular complexity index is 652.